The Labute approximate surface area is 180 Å². The molecule has 5 rings (SSSR count). The molecule has 3 aromatic rings. The Morgan fingerprint density at radius 2 is 1.97 bits per heavy atom. The fourth-order valence-corrected chi connectivity index (χ4v) is 5.84. The molecule has 2 fully saturated rings. The van der Waals surface area contributed by atoms with Crippen molar-refractivity contribution in [1.82, 2.24) is 20.6 Å². The van der Waals surface area contributed by atoms with Crippen LogP contribution >= 0.6 is 11.3 Å². The van der Waals surface area contributed by atoms with Crippen LogP contribution in [0, 0.1) is 6.92 Å². The molecule has 2 aliphatic rings. The number of carbonyl (C=O) groups is 1. The summed E-state index contributed by atoms with van der Waals surface area (Å²) in [5.41, 5.74) is 10.7. The van der Waals surface area contributed by atoms with Crippen molar-refractivity contribution in [2.24, 2.45) is 0 Å². The molecule has 30 heavy (non-hydrogen) atoms. The van der Waals surface area contributed by atoms with Gasteiger partial charge >= 0.3 is 0 Å². The average molecular weight is 422 g/mol. The van der Waals surface area contributed by atoms with E-state index in [1.54, 1.807) is 6.20 Å². The number of anilines is 1. The third-order valence-corrected chi connectivity index (χ3v) is 7.48. The fraction of sp³-hybridized carbons (Fsp3) is 0.435. The largest absolute Gasteiger partial charge is 0.396 e. The van der Waals surface area contributed by atoms with Gasteiger partial charge in [-0.2, -0.15) is 0 Å². The first-order valence-corrected chi connectivity index (χ1v) is 11.5. The van der Waals surface area contributed by atoms with Crippen molar-refractivity contribution in [2.75, 3.05) is 12.3 Å². The molecule has 6 nitrogen and oxygen atoms in total. The second kappa shape index (κ2) is 7.96. The van der Waals surface area contributed by atoms with Crippen molar-refractivity contribution in [3.05, 3.63) is 52.2 Å². The number of fused-ring (bicyclic) bond motifs is 3. The molecule has 4 heterocycles. The van der Waals surface area contributed by atoms with Crippen LogP contribution in [-0.2, 0) is 6.42 Å². The Kier molecular flexibility index (Phi) is 5.16. The van der Waals surface area contributed by atoms with Crippen molar-refractivity contribution in [3.8, 4) is 0 Å². The molecule has 0 radical (unpaired) electrons. The number of thiophene rings is 1. The molecule has 0 saturated carbocycles. The summed E-state index contributed by atoms with van der Waals surface area (Å²) >= 11 is 1.30. The zero-order valence-corrected chi connectivity index (χ0v) is 18.0. The summed E-state index contributed by atoms with van der Waals surface area (Å²) < 4.78 is 0. The first-order valence-electron chi connectivity index (χ1n) is 10.7. The predicted molar refractivity (Wildman–Crippen MR) is 121 cm³/mol. The van der Waals surface area contributed by atoms with Crippen LogP contribution in [0.3, 0.4) is 0 Å². The summed E-state index contributed by atoms with van der Waals surface area (Å²) in [6.45, 7) is 2.45. The van der Waals surface area contributed by atoms with E-state index in [4.69, 9.17) is 5.73 Å². The van der Waals surface area contributed by atoms with Crippen LogP contribution in [0.15, 0.2) is 30.5 Å². The molecule has 1 aromatic carbocycles. The average Bonchev–Trinajstić information content (AvgIpc) is 3.26. The molecule has 7 heteroatoms. The smallest absolute Gasteiger partial charge is 0.263 e. The van der Waals surface area contributed by atoms with E-state index in [1.807, 2.05) is 6.92 Å². The summed E-state index contributed by atoms with van der Waals surface area (Å²) in [4.78, 5) is 22.5. The molecular formula is C23H27N5OS. The van der Waals surface area contributed by atoms with Crippen LogP contribution in [0.2, 0.25) is 0 Å². The highest BCUT2D eigenvalue weighted by atomic mass is 32.1. The van der Waals surface area contributed by atoms with E-state index in [0.29, 0.717) is 45.5 Å². The number of nitrogens with two attached hydrogens (primary N) is 1. The third-order valence-electron chi connectivity index (χ3n) is 6.39. The lowest BCUT2D eigenvalue weighted by atomic mass is 9.86. The van der Waals surface area contributed by atoms with Crippen molar-refractivity contribution in [1.29, 1.82) is 0 Å². The number of amides is 1. The lowest BCUT2D eigenvalue weighted by Gasteiger charge is -2.29. The van der Waals surface area contributed by atoms with Crippen LogP contribution in [0.1, 0.15) is 58.1 Å². The van der Waals surface area contributed by atoms with Gasteiger partial charge in [0.2, 0.25) is 0 Å². The normalized spacial score (nSPS) is 23.0. The molecule has 0 spiro atoms. The van der Waals surface area contributed by atoms with E-state index >= 15 is 0 Å². The zero-order valence-electron chi connectivity index (χ0n) is 17.1. The van der Waals surface area contributed by atoms with E-state index in [2.05, 4.69) is 44.9 Å². The molecular weight excluding hydrogens is 394 g/mol. The second-order valence-electron chi connectivity index (χ2n) is 8.56. The Balaban J connectivity index is 1.18. The quantitative estimate of drug-likeness (QED) is 0.586. The van der Waals surface area contributed by atoms with Crippen LogP contribution in [-0.4, -0.2) is 34.5 Å². The molecule has 2 saturated heterocycles. The molecule has 2 aromatic heterocycles. The number of aryl methyl sites for hydroxylation is 1. The third kappa shape index (κ3) is 3.79. The maximum atomic E-state index is 12.6. The molecule has 0 aliphatic carbocycles. The number of hydrogen-bond acceptors (Lipinski definition) is 6. The Bertz CT molecular complexity index is 1070. The lowest BCUT2D eigenvalue weighted by molar-refractivity contribution is 0.0959. The number of aromatic nitrogens is 2. The van der Waals surface area contributed by atoms with Gasteiger partial charge in [0.25, 0.3) is 5.91 Å². The Morgan fingerprint density at radius 1 is 1.23 bits per heavy atom. The number of benzene rings is 1. The van der Waals surface area contributed by atoms with Gasteiger partial charge in [0.15, 0.2) is 0 Å². The van der Waals surface area contributed by atoms with Crippen molar-refractivity contribution in [3.63, 3.8) is 0 Å². The number of carbonyl (C=O) groups excluding carboxylic acids is 1. The lowest BCUT2D eigenvalue weighted by Crippen LogP contribution is -2.37. The van der Waals surface area contributed by atoms with E-state index in [1.165, 1.54) is 48.1 Å². The zero-order chi connectivity index (χ0) is 20.7. The van der Waals surface area contributed by atoms with E-state index in [-0.39, 0.29) is 5.91 Å². The van der Waals surface area contributed by atoms with E-state index in [0.717, 1.165) is 12.1 Å². The minimum absolute atomic E-state index is 0.156. The number of nitrogen functional groups attached to an aromatic ring is 1. The van der Waals surface area contributed by atoms with Gasteiger partial charge in [-0.3, -0.25) is 4.79 Å². The van der Waals surface area contributed by atoms with Gasteiger partial charge in [0, 0.05) is 24.8 Å². The first kappa shape index (κ1) is 19.5. The number of hydrogen-bond donors (Lipinski definition) is 3. The Morgan fingerprint density at radius 3 is 2.70 bits per heavy atom. The van der Waals surface area contributed by atoms with Gasteiger partial charge in [-0.25, -0.2) is 9.97 Å². The standard InChI is InChI=1S/C23H27N5OS/c1-13-12-26-20-19(24)21(30-23(20)27-13)22(29)25-9-8-14-2-4-15(5-3-14)16-10-17-6-7-18(11-16)28-17/h2-5,12,16-18,28H,6-11,24H2,1H3,(H,25,29)/t16?,17-,18+. The monoisotopic (exact) mass is 421 g/mol. The Hall–Kier alpha value is -2.51. The number of rotatable bonds is 5. The van der Waals surface area contributed by atoms with Gasteiger partial charge in [-0.15, -0.1) is 11.3 Å². The minimum Gasteiger partial charge on any atom is -0.396 e. The summed E-state index contributed by atoms with van der Waals surface area (Å²) in [6.07, 6.45) is 7.64. The summed E-state index contributed by atoms with van der Waals surface area (Å²) in [6, 6.07) is 10.4. The predicted octanol–water partition coefficient (Wildman–Crippen LogP) is 3.55. The molecule has 2 bridgehead atoms. The number of nitrogens with zero attached hydrogens (tertiary/aromatic N) is 2. The van der Waals surface area contributed by atoms with E-state index in [9.17, 15) is 4.79 Å². The van der Waals surface area contributed by atoms with Gasteiger partial charge in [-0.05, 0) is 56.1 Å². The minimum atomic E-state index is -0.156. The van der Waals surface area contributed by atoms with Crippen LogP contribution in [0.5, 0.6) is 0 Å². The number of piperidine rings is 1. The van der Waals surface area contributed by atoms with Gasteiger partial charge in [0.1, 0.15) is 15.2 Å². The maximum Gasteiger partial charge on any atom is 0.263 e. The van der Waals surface area contributed by atoms with Gasteiger partial charge < -0.3 is 16.4 Å². The molecule has 3 atom stereocenters. The summed E-state index contributed by atoms with van der Waals surface area (Å²) in [5, 5.41) is 6.70. The van der Waals surface area contributed by atoms with E-state index < -0.39 is 0 Å². The first-order chi connectivity index (χ1) is 14.6. The highest BCUT2D eigenvalue weighted by molar-refractivity contribution is 7.21. The van der Waals surface area contributed by atoms with Crippen molar-refractivity contribution < 1.29 is 4.79 Å². The highest BCUT2D eigenvalue weighted by Crippen LogP contribution is 2.37. The van der Waals surface area contributed by atoms with Crippen molar-refractivity contribution in [2.45, 2.75) is 57.0 Å². The topological polar surface area (TPSA) is 92.9 Å². The molecule has 1 unspecified atom stereocenters. The summed E-state index contributed by atoms with van der Waals surface area (Å²) in [5.74, 6) is 0.524. The van der Waals surface area contributed by atoms with Crippen molar-refractivity contribution >= 4 is 33.3 Å². The van der Waals surface area contributed by atoms with Crippen LogP contribution < -0.4 is 16.4 Å². The van der Waals surface area contributed by atoms with Crippen LogP contribution in [0.25, 0.3) is 10.3 Å². The molecule has 4 N–H and O–H groups in total. The molecule has 1 amide bonds. The van der Waals surface area contributed by atoms with Gasteiger partial charge in [0.05, 0.1) is 11.4 Å². The van der Waals surface area contributed by atoms with Crippen LogP contribution in [0.4, 0.5) is 5.69 Å². The summed E-state index contributed by atoms with van der Waals surface area (Å²) in [7, 11) is 0. The SMILES string of the molecule is Cc1cnc2c(N)c(C(=O)NCCc3ccc(C4C[C@H]5CC[C@@H](C4)N5)cc3)sc2n1. The number of nitrogens with one attached hydrogen (secondary N) is 2. The fourth-order valence-electron chi connectivity index (χ4n) is 4.83. The molecule has 156 valence electrons. The maximum absolute atomic E-state index is 12.6. The highest BCUT2D eigenvalue weighted by Gasteiger charge is 2.33. The van der Waals surface area contributed by atoms with Gasteiger partial charge in [-0.1, -0.05) is 24.3 Å². The second-order valence-corrected chi connectivity index (χ2v) is 9.56. The molecule has 2 aliphatic heterocycles.